The molecule has 0 aliphatic carbocycles. The molecule has 1 heterocycles. The predicted molar refractivity (Wildman–Crippen MR) is 58.0 cm³/mol. The van der Waals surface area contributed by atoms with Gasteiger partial charge in [0.15, 0.2) is 0 Å². The molecule has 19 heavy (non-hydrogen) atoms. The van der Waals surface area contributed by atoms with E-state index in [1.165, 1.54) is 11.1 Å². The van der Waals surface area contributed by atoms with Crippen molar-refractivity contribution in [3.05, 3.63) is 54.0 Å². The van der Waals surface area contributed by atoms with Crippen molar-refractivity contribution in [1.29, 1.82) is 0 Å². The minimum Gasteiger partial charge on any atom is -0.222 e. The Morgan fingerprint density at radius 3 is 1.63 bits per heavy atom. The van der Waals surface area contributed by atoms with Crippen LogP contribution in [0.25, 0.3) is 11.1 Å². The quantitative estimate of drug-likeness (QED) is 0.631. The number of halogens is 1. The molecule has 0 radical (unpaired) electrons. The zero-order valence-corrected chi connectivity index (χ0v) is 11.2. The molecule has 0 saturated carbocycles. The van der Waals surface area contributed by atoms with E-state index in [0.29, 0.717) is 0 Å². The highest BCUT2D eigenvalue weighted by molar-refractivity contribution is 5.63. The second-order valence-corrected chi connectivity index (χ2v) is 4.57. The fourth-order valence-electron chi connectivity index (χ4n) is 1.59. The summed E-state index contributed by atoms with van der Waals surface area (Å²) < 4.78 is 39.4. The first-order valence-corrected chi connectivity index (χ1v) is 6.58. The molecule has 0 aliphatic heterocycles. The summed E-state index contributed by atoms with van der Waals surface area (Å²) in [5, 5.41) is 0. The molecule has 2 aromatic rings. The lowest BCUT2D eigenvalue weighted by atomic mass is 10.1. The molecule has 0 unspecified atom stereocenters. The van der Waals surface area contributed by atoms with E-state index in [0.717, 1.165) is 11.5 Å². The van der Waals surface area contributed by atoms with Crippen LogP contribution in [0.15, 0.2) is 46.9 Å². The Labute approximate surface area is 113 Å². The lowest BCUT2D eigenvalue weighted by Crippen LogP contribution is -2.68. The average molecular weight is 285 g/mol. The second kappa shape index (κ2) is 6.60. The molecule has 0 bridgehead atoms. The molecule has 2 rings (SSSR count). The van der Waals surface area contributed by atoms with Crippen LogP contribution in [0.4, 0.5) is 0 Å². The second-order valence-electron chi connectivity index (χ2n) is 3.81. The van der Waals surface area contributed by atoms with Crippen LogP contribution >= 0.6 is 0 Å². The molecule has 1 aromatic carbocycles. The Bertz CT molecular complexity index is 496. The van der Waals surface area contributed by atoms with Crippen molar-refractivity contribution in [3.63, 3.8) is 0 Å². The van der Waals surface area contributed by atoms with Crippen LogP contribution in [0.5, 0.6) is 0 Å². The van der Waals surface area contributed by atoms with Gasteiger partial charge in [-0.25, -0.2) is 23.1 Å². The molecule has 0 spiro atoms. The minimum atomic E-state index is -4.94. The monoisotopic (exact) mass is 284 g/mol. The van der Waals surface area contributed by atoms with E-state index in [9.17, 15) is 0 Å². The van der Waals surface area contributed by atoms with Crippen LogP contribution in [0.2, 0.25) is 0 Å². The smallest absolute Gasteiger partial charge is 0.222 e. The van der Waals surface area contributed by atoms with Gasteiger partial charge in [-0.05, 0) is 11.1 Å². The summed E-state index contributed by atoms with van der Waals surface area (Å²) >= 11 is 0. The predicted octanol–water partition coefficient (Wildman–Crippen LogP) is -0.911. The van der Waals surface area contributed by atoms with Crippen LogP contribution in [-0.4, -0.2) is 0 Å². The molecule has 0 saturated heterocycles. The van der Waals surface area contributed by atoms with Gasteiger partial charge in [0.25, 0.3) is 0 Å². The highest BCUT2D eigenvalue weighted by Crippen LogP contribution is 2.21. The SMILES string of the molecule is Cc1cc(-c2ccccc2)cc(C)[o+]1.[O-][Cl+3]([O-])([O-])[O-]. The highest BCUT2D eigenvalue weighted by atomic mass is 35.7. The van der Waals surface area contributed by atoms with Gasteiger partial charge < -0.3 is 0 Å². The van der Waals surface area contributed by atoms with Gasteiger partial charge in [0.2, 0.25) is 0 Å². The molecular formula is C13H13ClO5. The first kappa shape index (κ1) is 15.6. The van der Waals surface area contributed by atoms with Crippen LogP contribution in [0.1, 0.15) is 11.5 Å². The fourth-order valence-corrected chi connectivity index (χ4v) is 1.59. The Kier molecular flexibility index (Phi) is 5.41. The number of hydrogen-bond donors (Lipinski definition) is 0. The zero-order valence-electron chi connectivity index (χ0n) is 10.5. The third-order valence-electron chi connectivity index (χ3n) is 2.15. The van der Waals surface area contributed by atoms with Crippen LogP contribution in [0.3, 0.4) is 0 Å². The van der Waals surface area contributed by atoms with Crippen molar-refractivity contribution in [2.45, 2.75) is 13.8 Å². The van der Waals surface area contributed by atoms with Gasteiger partial charge in [-0.2, -0.15) is 0 Å². The third kappa shape index (κ3) is 6.85. The highest BCUT2D eigenvalue weighted by Gasteiger charge is 2.08. The van der Waals surface area contributed by atoms with E-state index < -0.39 is 10.2 Å². The molecule has 0 atom stereocenters. The summed E-state index contributed by atoms with van der Waals surface area (Å²) in [4.78, 5) is 0. The summed E-state index contributed by atoms with van der Waals surface area (Å²) in [5.74, 6) is 1.90. The van der Waals surface area contributed by atoms with Gasteiger partial charge in [0, 0.05) is 12.1 Å². The van der Waals surface area contributed by atoms with Crippen molar-refractivity contribution in [3.8, 4) is 11.1 Å². The van der Waals surface area contributed by atoms with Crippen LogP contribution in [0, 0.1) is 24.1 Å². The van der Waals surface area contributed by atoms with E-state index in [4.69, 9.17) is 23.1 Å². The number of hydrogen-bond acceptors (Lipinski definition) is 4. The molecular weight excluding hydrogens is 272 g/mol. The Balaban J connectivity index is 0.000000312. The minimum absolute atomic E-state index is 0.948. The molecule has 102 valence electrons. The van der Waals surface area contributed by atoms with Crippen molar-refractivity contribution >= 4 is 0 Å². The van der Waals surface area contributed by atoms with Crippen molar-refractivity contribution in [2.75, 3.05) is 0 Å². The molecule has 6 heteroatoms. The maximum absolute atomic E-state index is 8.49. The summed E-state index contributed by atoms with van der Waals surface area (Å²) in [6.07, 6.45) is 0. The van der Waals surface area contributed by atoms with Gasteiger partial charge in [0.05, 0.1) is 13.8 Å². The molecule has 5 nitrogen and oxygen atoms in total. The van der Waals surface area contributed by atoms with Crippen LogP contribution < -0.4 is 18.6 Å². The van der Waals surface area contributed by atoms with E-state index in [1.54, 1.807) is 0 Å². The van der Waals surface area contributed by atoms with E-state index in [-0.39, 0.29) is 0 Å². The van der Waals surface area contributed by atoms with Crippen LogP contribution in [-0.2, 0) is 0 Å². The van der Waals surface area contributed by atoms with E-state index >= 15 is 0 Å². The van der Waals surface area contributed by atoms with E-state index in [1.807, 2.05) is 32.0 Å². The Hall–Kier alpha value is -1.50. The summed E-state index contributed by atoms with van der Waals surface area (Å²) in [7, 11) is -4.94. The maximum atomic E-state index is 8.49. The summed E-state index contributed by atoms with van der Waals surface area (Å²) in [6, 6.07) is 14.4. The van der Waals surface area contributed by atoms with Gasteiger partial charge in [-0.1, -0.05) is 30.3 Å². The first-order valence-electron chi connectivity index (χ1n) is 5.34. The van der Waals surface area contributed by atoms with Gasteiger partial charge in [0.1, 0.15) is 0 Å². The molecule has 0 amide bonds. The maximum Gasteiger partial charge on any atom is 0.327 e. The number of rotatable bonds is 1. The normalized spacial score (nSPS) is 10.6. The summed E-state index contributed by atoms with van der Waals surface area (Å²) in [6.45, 7) is 3.94. The van der Waals surface area contributed by atoms with Gasteiger partial charge in [-0.3, -0.25) is 0 Å². The largest absolute Gasteiger partial charge is 0.327 e. The standard InChI is InChI=1S/C13H13O.ClHO4/c1-10-8-13(9-11(2)14-10)12-6-4-3-5-7-12;2-1(3,4)5/h3-9H,1-2H3;(H,2,3,4,5)/q+1;/p-1. The Morgan fingerprint density at radius 2 is 1.21 bits per heavy atom. The van der Waals surface area contributed by atoms with Crippen molar-refractivity contribution in [1.82, 2.24) is 0 Å². The lowest BCUT2D eigenvalue weighted by Gasteiger charge is -2.17. The Morgan fingerprint density at radius 1 is 0.789 bits per heavy atom. The van der Waals surface area contributed by atoms with E-state index in [2.05, 4.69) is 24.3 Å². The number of benzene rings is 1. The fraction of sp³-hybridized carbons (Fsp3) is 0.154. The zero-order chi connectivity index (χ0) is 14.5. The molecule has 1 aromatic heterocycles. The first-order chi connectivity index (χ1) is 8.75. The third-order valence-corrected chi connectivity index (χ3v) is 2.15. The molecule has 0 fully saturated rings. The van der Waals surface area contributed by atoms with Crippen molar-refractivity contribution in [2.24, 2.45) is 0 Å². The molecule has 0 N–H and O–H groups in total. The van der Waals surface area contributed by atoms with Crippen molar-refractivity contribution < 1.29 is 33.3 Å². The van der Waals surface area contributed by atoms with Gasteiger partial charge in [-0.15, -0.1) is 10.2 Å². The lowest BCUT2D eigenvalue weighted by molar-refractivity contribution is -2.00. The number of aryl methyl sites for hydroxylation is 2. The molecule has 0 aliphatic rings. The topological polar surface area (TPSA) is 104 Å². The summed E-state index contributed by atoms with van der Waals surface area (Å²) in [5.41, 5.74) is 2.45. The van der Waals surface area contributed by atoms with Gasteiger partial charge >= 0.3 is 11.5 Å². The average Bonchev–Trinajstić information content (AvgIpc) is 2.26.